The maximum Gasteiger partial charge on any atom is 0.418 e. The summed E-state index contributed by atoms with van der Waals surface area (Å²) in [6.07, 6.45) is -2.53. The molecule has 0 aliphatic carbocycles. The quantitative estimate of drug-likeness (QED) is 0.904. The molecular formula is C15H19F3N2O. The van der Waals surface area contributed by atoms with E-state index in [4.69, 9.17) is 0 Å². The van der Waals surface area contributed by atoms with E-state index in [0.717, 1.165) is 18.9 Å². The van der Waals surface area contributed by atoms with E-state index in [1.165, 1.54) is 19.2 Å². The topological polar surface area (TPSA) is 32.3 Å². The highest BCUT2D eigenvalue weighted by Gasteiger charge is 2.34. The molecule has 1 saturated heterocycles. The van der Waals surface area contributed by atoms with Gasteiger partial charge in [0, 0.05) is 31.4 Å². The second-order valence-corrected chi connectivity index (χ2v) is 5.51. The normalized spacial score (nSPS) is 19.5. The van der Waals surface area contributed by atoms with Crippen molar-refractivity contribution in [3.05, 3.63) is 29.3 Å². The van der Waals surface area contributed by atoms with Gasteiger partial charge in [-0.25, -0.2) is 0 Å². The van der Waals surface area contributed by atoms with Gasteiger partial charge in [-0.3, -0.25) is 4.79 Å². The van der Waals surface area contributed by atoms with Crippen LogP contribution in [0.5, 0.6) is 0 Å². The van der Waals surface area contributed by atoms with Crippen molar-refractivity contribution in [2.45, 2.75) is 25.9 Å². The summed E-state index contributed by atoms with van der Waals surface area (Å²) >= 11 is 0. The molecule has 0 radical (unpaired) electrons. The second kappa shape index (κ2) is 5.95. The van der Waals surface area contributed by atoms with Crippen LogP contribution < -0.4 is 5.32 Å². The van der Waals surface area contributed by atoms with E-state index in [1.54, 1.807) is 4.90 Å². The molecule has 6 heteroatoms. The number of hydrogen-bond donors (Lipinski definition) is 1. The zero-order valence-electron chi connectivity index (χ0n) is 12.1. The Morgan fingerprint density at radius 3 is 2.67 bits per heavy atom. The molecule has 1 aromatic rings. The minimum Gasteiger partial charge on any atom is -0.388 e. The number of halogens is 3. The molecule has 1 atom stereocenters. The van der Waals surface area contributed by atoms with Gasteiger partial charge in [-0.15, -0.1) is 0 Å². The third kappa shape index (κ3) is 3.49. The van der Waals surface area contributed by atoms with Gasteiger partial charge in [0.15, 0.2) is 0 Å². The second-order valence-electron chi connectivity index (χ2n) is 5.51. The van der Waals surface area contributed by atoms with Gasteiger partial charge < -0.3 is 10.2 Å². The lowest BCUT2D eigenvalue weighted by molar-refractivity contribution is -0.137. The number of carbonyl (C=O) groups excluding carboxylic acids is 1. The summed E-state index contributed by atoms with van der Waals surface area (Å²) in [5.74, 6) is 0.0658. The van der Waals surface area contributed by atoms with E-state index in [0.29, 0.717) is 19.0 Å². The highest BCUT2D eigenvalue weighted by Crippen LogP contribution is 2.35. The predicted octanol–water partition coefficient (Wildman–Crippen LogP) is 3.62. The molecule has 1 heterocycles. The standard InChI is InChI=1S/C15H19F3N2O/c1-10-4-3-7-20(9-10)14(21)11-5-6-13(19-2)12(8-11)15(16,17)18/h5-6,8,10,19H,3-4,7,9H2,1-2H3. The van der Waals surface area contributed by atoms with Crippen LogP contribution in [0.1, 0.15) is 35.7 Å². The number of nitrogens with one attached hydrogen (secondary N) is 1. The smallest absolute Gasteiger partial charge is 0.388 e. The number of alkyl halides is 3. The molecule has 116 valence electrons. The highest BCUT2D eigenvalue weighted by atomic mass is 19.4. The van der Waals surface area contributed by atoms with Gasteiger partial charge in [-0.05, 0) is 37.0 Å². The van der Waals surface area contributed by atoms with E-state index in [9.17, 15) is 18.0 Å². The molecule has 21 heavy (non-hydrogen) atoms. The minimum absolute atomic E-state index is 0.0222. The molecule has 1 aromatic carbocycles. The lowest BCUT2D eigenvalue weighted by atomic mass is 9.99. The van der Waals surface area contributed by atoms with Gasteiger partial charge in [0.2, 0.25) is 0 Å². The number of likely N-dealkylation sites (tertiary alicyclic amines) is 1. The summed E-state index contributed by atoms with van der Waals surface area (Å²) in [5, 5.41) is 2.51. The zero-order chi connectivity index (χ0) is 15.6. The van der Waals surface area contributed by atoms with E-state index in [2.05, 4.69) is 5.32 Å². The Bertz CT molecular complexity index is 528. The van der Waals surface area contributed by atoms with Gasteiger partial charge in [0.1, 0.15) is 0 Å². The van der Waals surface area contributed by atoms with Crippen molar-refractivity contribution in [1.82, 2.24) is 4.90 Å². The van der Waals surface area contributed by atoms with Crippen LogP contribution in [0, 0.1) is 5.92 Å². The third-order valence-electron chi connectivity index (χ3n) is 3.79. The van der Waals surface area contributed by atoms with Crippen LogP contribution in [-0.4, -0.2) is 30.9 Å². The number of rotatable bonds is 2. The molecule has 1 fully saturated rings. The summed E-state index contributed by atoms with van der Waals surface area (Å²) < 4.78 is 39.1. The first-order valence-electron chi connectivity index (χ1n) is 7.01. The zero-order valence-corrected chi connectivity index (χ0v) is 12.1. The van der Waals surface area contributed by atoms with Gasteiger partial charge in [0.05, 0.1) is 5.56 Å². The van der Waals surface area contributed by atoms with Crippen molar-refractivity contribution < 1.29 is 18.0 Å². The summed E-state index contributed by atoms with van der Waals surface area (Å²) in [5.41, 5.74) is -0.734. The SMILES string of the molecule is CNc1ccc(C(=O)N2CCCC(C)C2)cc1C(F)(F)F. The number of anilines is 1. The van der Waals surface area contributed by atoms with E-state index < -0.39 is 11.7 Å². The number of hydrogen-bond acceptors (Lipinski definition) is 2. The van der Waals surface area contributed by atoms with Gasteiger partial charge >= 0.3 is 6.18 Å². The van der Waals surface area contributed by atoms with Crippen molar-refractivity contribution in [2.75, 3.05) is 25.5 Å². The third-order valence-corrected chi connectivity index (χ3v) is 3.79. The summed E-state index contributed by atoms with van der Waals surface area (Å²) in [6, 6.07) is 3.69. The van der Waals surface area contributed by atoms with Crippen molar-refractivity contribution in [3.63, 3.8) is 0 Å². The number of carbonyl (C=O) groups is 1. The van der Waals surface area contributed by atoms with Crippen LogP contribution in [-0.2, 0) is 6.18 Å². The Balaban J connectivity index is 2.29. The fourth-order valence-corrected chi connectivity index (χ4v) is 2.69. The van der Waals surface area contributed by atoms with Crippen molar-refractivity contribution >= 4 is 11.6 Å². The summed E-state index contributed by atoms with van der Waals surface area (Å²) in [4.78, 5) is 14.0. The van der Waals surface area contributed by atoms with Crippen molar-refractivity contribution in [1.29, 1.82) is 0 Å². The van der Waals surface area contributed by atoms with Crippen molar-refractivity contribution in [3.8, 4) is 0 Å². The Kier molecular flexibility index (Phi) is 4.44. The Labute approximate surface area is 122 Å². The molecule has 1 N–H and O–H groups in total. The van der Waals surface area contributed by atoms with Crippen LogP contribution in [0.3, 0.4) is 0 Å². The minimum atomic E-state index is -4.48. The lowest BCUT2D eigenvalue weighted by Gasteiger charge is -2.31. The van der Waals surface area contributed by atoms with Crippen LogP contribution in [0.2, 0.25) is 0 Å². The number of nitrogens with zero attached hydrogens (tertiary/aromatic N) is 1. The molecule has 0 aromatic heterocycles. The molecule has 1 amide bonds. The van der Waals surface area contributed by atoms with Crippen LogP contribution in [0.15, 0.2) is 18.2 Å². The average Bonchev–Trinajstić information content (AvgIpc) is 2.45. The van der Waals surface area contributed by atoms with E-state index in [1.807, 2.05) is 6.92 Å². The molecule has 1 aliphatic heterocycles. The number of amides is 1. The Morgan fingerprint density at radius 1 is 1.38 bits per heavy atom. The number of benzene rings is 1. The van der Waals surface area contributed by atoms with Crippen LogP contribution in [0.4, 0.5) is 18.9 Å². The van der Waals surface area contributed by atoms with E-state index >= 15 is 0 Å². The average molecular weight is 300 g/mol. The maximum atomic E-state index is 13.0. The molecule has 0 spiro atoms. The largest absolute Gasteiger partial charge is 0.418 e. The van der Waals surface area contributed by atoms with Crippen molar-refractivity contribution in [2.24, 2.45) is 5.92 Å². The summed E-state index contributed by atoms with van der Waals surface area (Å²) in [6.45, 7) is 3.26. The van der Waals surface area contributed by atoms with Gasteiger partial charge in [0.25, 0.3) is 5.91 Å². The molecular weight excluding hydrogens is 281 g/mol. The van der Waals surface area contributed by atoms with Crippen LogP contribution >= 0.6 is 0 Å². The number of piperidine rings is 1. The first kappa shape index (κ1) is 15.7. The predicted molar refractivity (Wildman–Crippen MR) is 75.3 cm³/mol. The molecule has 0 bridgehead atoms. The first-order chi connectivity index (χ1) is 9.82. The monoisotopic (exact) mass is 300 g/mol. The summed E-state index contributed by atoms with van der Waals surface area (Å²) in [7, 11) is 1.43. The first-order valence-corrected chi connectivity index (χ1v) is 7.01. The fraction of sp³-hybridized carbons (Fsp3) is 0.533. The van der Waals surface area contributed by atoms with Crippen LogP contribution in [0.25, 0.3) is 0 Å². The lowest BCUT2D eigenvalue weighted by Crippen LogP contribution is -2.39. The van der Waals surface area contributed by atoms with E-state index in [-0.39, 0.29) is 17.2 Å². The molecule has 1 unspecified atom stereocenters. The molecule has 0 saturated carbocycles. The Morgan fingerprint density at radius 2 is 2.10 bits per heavy atom. The van der Waals surface area contributed by atoms with Gasteiger partial charge in [-0.1, -0.05) is 6.92 Å². The molecule has 2 rings (SSSR count). The Hall–Kier alpha value is -1.72. The highest BCUT2D eigenvalue weighted by molar-refractivity contribution is 5.95. The fourth-order valence-electron chi connectivity index (χ4n) is 2.69. The molecule has 3 nitrogen and oxygen atoms in total. The maximum absolute atomic E-state index is 13.0. The molecule has 1 aliphatic rings. The van der Waals surface area contributed by atoms with Gasteiger partial charge in [-0.2, -0.15) is 13.2 Å².